The highest BCUT2D eigenvalue weighted by Crippen LogP contribution is 2.15. The summed E-state index contributed by atoms with van der Waals surface area (Å²) in [5.41, 5.74) is 7.81. The highest BCUT2D eigenvalue weighted by molar-refractivity contribution is 5.44. The first-order valence-electron chi connectivity index (χ1n) is 6.31. The van der Waals surface area contributed by atoms with E-state index < -0.39 is 4.92 Å². The summed E-state index contributed by atoms with van der Waals surface area (Å²) in [4.78, 5) is 14.3. The molecule has 6 nitrogen and oxygen atoms in total. The maximum Gasteiger partial charge on any atom is 0.274 e. The number of hydrogen-bond acceptors (Lipinski definition) is 5. The number of pyridine rings is 1. The van der Waals surface area contributed by atoms with Crippen molar-refractivity contribution in [1.82, 2.24) is 4.98 Å². The van der Waals surface area contributed by atoms with Gasteiger partial charge in [0.25, 0.3) is 5.69 Å². The largest absolute Gasteiger partial charge is 0.366 e. The van der Waals surface area contributed by atoms with Crippen LogP contribution in [0.3, 0.4) is 0 Å². The van der Waals surface area contributed by atoms with Crippen molar-refractivity contribution in [2.24, 2.45) is 5.73 Å². The fourth-order valence-corrected chi connectivity index (χ4v) is 1.81. The summed E-state index contributed by atoms with van der Waals surface area (Å²) in [5.74, 6) is 0.491. The number of nitro groups is 1. The second-order valence-corrected chi connectivity index (χ2v) is 4.37. The Bertz CT molecular complexity index is 584. The van der Waals surface area contributed by atoms with Gasteiger partial charge < -0.3 is 11.1 Å². The van der Waals surface area contributed by atoms with Gasteiger partial charge in [-0.2, -0.15) is 0 Å². The second-order valence-electron chi connectivity index (χ2n) is 4.37. The van der Waals surface area contributed by atoms with E-state index in [0.29, 0.717) is 18.9 Å². The molecule has 20 heavy (non-hydrogen) atoms. The summed E-state index contributed by atoms with van der Waals surface area (Å²) in [5, 5.41) is 13.7. The van der Waals surface area contributed by atoms with Crippen LogP contribution in [0.5, 0.6) is 0 Å². The Balaban J connectivity index is 1.97. The Labute approximate surface area is 116 Å². The van der Waals surface area contributed by atoms with Gasteiger partial charge in [0.2, 0.25) is 0 Å². The smallest absolute Gasteiger partial charge is 0.274 e. The average Bonchev–Trinajstić information content (AvgIpc) is 2.47. The summed E-state index contributed by atoms with van der Waals surface area (Å²) < 4.78 is 0. The third kappa shape index (κ3) is 3.76. The Morgan fingerprint density at radius 2 is 1.90 bits per heavy atom. The number of nitrogens with one attached hydrogen (secondary N) is 1. The van der Waals surface area contributed by atoms with Crippen LogP contribution in [-0.2, 0) is 13.0 Å². The Hall–Kier alpha value is -2.47. The molecular weight excluding hydrogens is 256 g/mol. The summed E-state index contributed by atoms with van der Waals surface area (Å²) >= 11 is 0. The molecule has 2 aromatic rings. The Morgan fingerprint density at radius 1 is 1.20 bits per heavy atom. The molecule has 1 heterocycles. The average molecular weight is 272 g/mol. The van der Waals surface area contributed by atoms with E-state index in [0.717, 1.165) is 12.0 Å². The minimum atomic E-state index is -0.436. The third-order valence-corrected chi connectivity index (χ3v) is 2.88. The molecule has 0 atom stereocenters. The second kappa shape index (κ2) is 6.63. The maximum atomic E-state index is 10.7. The molecule has 104 valence electrons. The summed E-state index contributed by atoms with van der Waals surface area (Å²) in [6.45, 7) is 1.20. The highest BCUT2D eigenvalue weighted by Gasteiger charge is 2.06. The molecule has 0 radical (unpaired) electrons. The van der Waals surface area contributed by atoms with Gasteiger partial charge in [-0.25, -0.2) is 4.98 Å². The molecule has 0 saturated heterocycles. The molecule has 0 amide bonds. The Kier molecular flexibility index (Phi) is 4.62. The van der Waals surface area contributed by atoms with E-state index in [1.54, 1.807) is 0 Å². The van der Waals surface area contributed by atoms with Crippen LogP contribution in [-0.4, -0.2) is 16.5 Å². The number of aromatic nitrogens is 1. The van der Waals surface area contributed by atoms with Crippen LogP contribution in [0, 0.1) is 10.1 Å². The van der Waals surface area contributed by atoms with Gasteiger partial charge in [0.05, 0.1) is 11.0 Å². The van der Waals surface area contributed by atoms with Gasteiger partial charge in [-0.05, 0) is 24.1 Å². The minimum absolute atomic E-state index is 0.0285. The number of anilines is 1. The van der Waals surface area contributed by atoms with Crippen LogP contribution < -0.4 is 11.1 Å². The summed E-state index contributed by atoms with van der Waals surface area (Å²) in [6, 6.07) is 10.9. The van der Waals surface area contributed by atoms with Crippen molar-refractivity contribution in [1.29, 1.82) is 0 Å². The molecule has 2 rings (SSSR count). The SMILES string of the molecule is NCCc1ccc(CNc2cc([N+](=O)[O-])ccn2)cc1. The predicted molar refractivity (Wildman–Crippen MR) is 77.4 cm³/mol. The van der Waals surface area contributed by atoms with E-state index in [9.17, 15) is 10.1 Å². The van der Waals surface area contributed by atoms with E-state index in [2.05, 4.69) is 10.3 Å². The zero-order valence-electron chi connectivity index (χ0n) is 11.0. The Morgan fingerprint density at radius 3 is 2.55 bits per heavy atom. The molecular formula is C14H16N4O2. The van der Waals surface area contributed by atoms with E-state index in [4.69, 9.17) is 5.73 Å². The molecule has 0 spiro atoms. The van der Waals surface area contributed by atoms with Crippen LogP contribution >= 0.6 is 0 Å². The molecule has 0 unspecified atom stereocenters. The molecule has 0 aliphatic heterocycles. The first-order valence-corrected chi connectivity index (χ1v) is 6.31. The molecule has 0 bridgehead atoms. The number of nitrogens with two attached hydrogens (primary N) is 1. The van der Waals surface area contributed by atoms with Crippen molar-refractivity contribution in [3.8, 4) is 0 Å². The summed E-state index contributed by atoms with van der Waals surface area (Å²) in [7, 11) is 0. The molecule has 0 fully saturated rings. The van der Waals surface area contributed by atoms with Crippen molar-refractivity contribution in [3.05, 3.63) is 63.8 Å². The zero-order chi connectivity index (χ0) is 14.4. The van der Waals surface area contributed by atoms with Gasteiger partial charge in [0, 0.05) is 18.8 Å². The molecule has 6 heteroatoms. The molecule has 0 saturated carbocycles. The summed E-state index contributed by atoms with van der Waals surface area (Å²) in [6.07, 6.45) is 2.28. The van der Waals surface area contributed by atoms with Gasteiger partial charge in [-0.3, -0.25) is 10.1 Å². The van der Waals surface area contributed by atoms with Gasteiger partial charge in [-0.15, -0.1) is 0 Å². The van der Waals surface area contributed by atoms with Crippen molar-refractivity contribution in [3.63, 3.8) is 0 Å². The lowest BCUT2D eigenvalue weighted by Gasteiger charge is -2.06. The van der Waals surface area contributed by atoms with E-state index in [1.165, 1.54) is 23.9 Å². The standard InChI is InChI=1S/C14H16N4O2/c15-7-5-11-1-3-12(4-2-11)10-17-14-9-13(18(19)20)6-8-16-14/h1-4,6,8-9H,5,7,10,15H2,(H,16,17). The molecule has 0 aliphatic carbocycles. The van der Waals surface area contributed by atoms with Crippen LogP contribution in [0.25, 0.3) is 0 Å². The molecule has 3 N–H and O–H groups in total. The van der Waals surface area contributed by atoms with Crippen molar-refractivity contribution >= 4 is 11.5 Å². The number of nitrogens with zero attached hydrogens (tertiary/aromatic N) is 2. The first kappa shape index (κ1) is 14.0. The molecule has 0 aliphatic rings. The fraction of sp³-hybridized carbons (Fsp3) is 0.214. The van der Waals surface area contributed by atoms with Crippen molar-refractivity contribution in [2.45, 2.75) is 13.0 Å². The molecule has 1 aromatic heterocycles. The number of benzene rings is 1. The number of rotatable bonds is 6. The first-order chi connectivity index (χ1) is 9.69. The normalized spacial score (nSPS) is 10.2. The lowest BCUT2D eigenvalue weighted by atomic mass is 10.1. The molecule has 1 aromatic carbocycles. The lowest BCUT2D eigenvalue weighted by Crippen LogP contribution is -2.04. The highest BCUT2D eigenvalue weighted by atomic mass is 16.6. The topological polar surface area (TPSA) is 94.1 Å². The van der Waals surface area contributed by atoms with Crippen LogP contribution in [0.1, 0.15) is 11.1 Å². The van der Waals surface area contributed by atoms with Gasteiger partial charge in [-0.1, -0.05) is 24.3 Å². The van der Waals surface area contributed by atoms with Gasteiger partial charge in [0.15, 0.2) is 0 Å². The van der Waals surface area contributed by atoms with Crippen LogP contribution in [0.2, 0.25) is 0 Å². The monoisotopic (exact) mass is 272 g/mol. The van der Waals surface area contributed by atoms with Gasteiger partial charge in [0.1, 0.15) is 5.82 Å². The van der Waals surface area contributed by atoms with Crippen molar-refractivity contribution < 1.29 is 4.92 Å². The fourth-order valence-electron chi connectivity index (χ4n) is 1.81. The van der Waals surface area contributed by atoms with Gasteiger partial charge >= 0.3 is 0 Å². The minimum Gasteiger partial charge on any atom is -0.366 e. The van der Waals surface area contributed by atoms with Crippen LogP contribution in [0.15, 0.2) is 42.6 Å². The number of hydrogen-bond donors (Lipinski definition) is 2. The van der Waals surface area contributed by atoms with Crippen LogP contribution in [0.4, 0.5) is 11.5 Å². The van der Waals surface area contributed by atoms with Crippen molar-refractivity contribution in [2.75, 3.05) is 11.9 Å². The zero-order valence-corrected chi connectivity index (χ0v) is 11.0. The van der Waals surface area contributed by atoms with E-state index in [1.807, 2.05) is 24.3 Å². The lowest BCUT2D eigenvalue weighted by molar-refractivity contribution is -0.384. The van der Waals surface area contributed by atoms with E-state index in [-0.39, 0.29) is 5.69 Å². The maximum absolute atomic E-state index is 10.7. The van der Waals surface area contributed by atoms with E-state index >= 15 is 0 Å². The predicted octanol–water partition coefficient (Wildman–Crippen LogP) is 2.10. The quantitative estimate of drug-likeness (QED) is 0.620. The third-order valence-electron chi connectivity index (χ3n) is 2.88.